The average Bonchev–Trinajstić information content (AvgIpc) is 3.03. The molecule has 0 bridgehead atoms. The van der Waals surface area contributed by atoms with E-state index >= 15 is 0 Å². The SMILES string of the molecule is COc1cccc(-c2nc(CS(=O)(=O)CC(=O)N[C@H]3CCCC[C@H]3C)c(C)o2)c1. The number of nitrogens with one attached hydrogen (secondary N) is 1. The topological polar surface area (TPSA) is 98.5 Å². The van der Waals surface area contributed by atoms with Crippen LogP contribution in [0.5, 0.6) is 5.75 Å². The molecule has 2 atom stereocenters. The van der Waals surface area contributed by atoms with Gasteiger partial charge in [0.1, 0.15) is 17.3 Å². The Morgan fingerprint density at radius 2 is 2.07 bits per heavy atom. The number of hydrogen-bond donors (Lipinski definition) is 1. The van der Waals surface area contributed by atoms with Crippen molar-refractivity contribution in [2.45, 2.75) is 51.3 Å². The zero-order chi connectivity index (χ0) is 21.0. The van der Waals surface area contributed by atoms with E-state index in [1.54, 1.807) is 32.2 Å². The minimum Gasteiger partial charge on any atom is -0.497 e. The number of methoxy groups -OCH3 is 1. The molecule has 1 heterocycles. The third-order valence-corrected chi connectivity index (χ3v) is 6.79. The van der Waals surface area contributed by atoms with Crippen molar-refractivity contribution in [1.82, 2.24) is 10.3 Å². The molecule has 0 aliphatic heterocycles. The number of benzene rings is 1. The largest absolute Gasteiger partial charge is 0.497 e. The fourth-order valence-corrected chi connectivity index (χ4v) is 4.95. The van der Waals surface area contributed by atoms with Gasteiger partial charge < -0.3 is 14.5 Å². The van der Waals surface area contributed by atoms with Crippen LogP contribution in [-0.4, -0.2) is 38.2 Å². The number of aryl methyl sites for hydroxylation is 1. The second-order valence-electron chi connectivity index (χ2n) is 7.72. The molecule has 2 aromatic rings. The summed E-state index contributed by atoms with van der Waals surface area (Å²) in [6.07, 6.45) is 4.18. The summed E-state index contributed by atoms with van der Waals surface area (Å²) in [7, 11) is -2.10. The van der Waals surface area contributed by atoms with E-state index in [4.69, 9.17) is 9.15 Å². The third-order valence-electron chi connectivity index (χ3n) is 5.37. The lowest BCUT2D eigenvalue weighted by Crippen LogP contribution is -2.43. The molecular formula is C21H28N2O5S. The van der Waals surface area contributed by atoms with Crippen LogP contribution in [0.15, 0.2) is 28.7 Å². The van der Waals surface area contributed by atoms with E-state index in [2.05, 4.69) is 17.2 Å². The van der Waals surface area contributed by atoms with Crippen molar-refractivity contribution in [3.8, 4) is 17.2 Å². The molecule has 29 heavy (non-hydrogen) atoms. The summed E-state index contributed by atoms with van der Waals surface area (Å²) in [5.41, 5.74) is 1.02. The standard InChI is InChI=1S/C21H28N2O5S/c1-14-7-4-5-10-18(14)22-20(24)13-29(25,26)12-19-15(2)28-21(23-19)16-8-6-9-17(11-16)27-3/h6,8-9,11,14,18H,4-5,7,10,12-13H2,1-3H3,(H,22,24)/t14-,18+/m1/s1. The summed E-state index contributed by atoms with van der Waals surface area (Å²) in [5.74, 6) is 0.453. The van der Waals surface area contributed by atoms with E-state index in [0.717, 1.165) is 25.7 Å². The lowest BCUT2D eigenvalue weighted by atomic mass is 9.86. The number of aromatic nitrogens is 1. The summed E-state index contributed by atoms with van der Waals surface area (Å²) in [6.45, 7) is 3.77. The molecule has 7 nitrogen and oxygen atoms in total. The van der Waals surface area contributed by atoms with Gasteiger partial charge in [0, 0.05) is 11.6 Å². The maximum Gasteiger partial charge on any atom is 0.235 e. The van der Waals surface area contributed by atoms with Gasteiger partial charge in [-0.2, -0.15) is 0 Å². The van der Waals surface area contributed by atoms with Crippen LogP contribution in [0.3, 0.4) is 0 Å². The van der Waals surface area contributed by atoms with Gasteiger partial charge in [-0.15, -0.1) is 0 Å². The first-order chi connectivity index (χ1) is 13.8. The van der Waals surface area contributed by atoms with Crippen LogP contribution in [0.2, 0.25) is 0 Å². The van der Waals surface area contributed by atoms with Crippen molar-refractivity contribution in [2.24, 2.45) is 5.92 Å². The number of rotatable bonds is 7. The molecule has 1 aromatic carbocycles. The Morgan fingerprint density at radius 1 is 1.31 bits per heavy atom. The molecule has 1 fully saturated rings. The number of ether oxygens (including phenoxy) is 1. The number of sulfone groups is 1. The normalized spacial score (nSPS) is 19.7. The molecule has 1 aliphatic rings. The van der Waals surface area contributed by atoms with Crippen LogP contribution in [0.25, 0.3) is 11.5 Å². The number of carbonyl (C=O) groups excluding carboxylic acids is 1. The van der Waals surface area contributed by atoms with Crippen LogP contribution in [0, 0.1) is 12.8 Å². The van der Waals surface area contributed by atoms with Gasteiger partial charge in [-0.1, -0.05) is 25.8 Å². The van der Waals surface area contributed by atoms with Gasteiger partial charge in [0.05, 0.1) is 18.6 Å². The molecule has 8 heteroatoms. The van der Waals surface area contributed by atoms with Crippen molar-refractivity contribution in [2.75, 3.05) is 12.9 Å². The average molecular weight is 421 g/mol. The molecule has 158 valence electrons. The van der Waals surface area contributed by atoms with Crippen LogP contribution in [0.1, 0.15) is 44.1 Å². The highest BCUT2D eigenvalue weighted by Gasteiger charge is 2.26. The van der Waals surface area contributed by atoms with Crippen molar-refractivity contribution in [1.29, 1.82) is 0 Å². The highest BCUT2D eigenvalue weighted by atomic mass is 32.2. The van der Waals surface area contributed by atoms with Gasteiger partial charge in [0.15, 0.2) is 9.84 Å². The molecule has 3 rings (SSSR count). The predicted octanol–water partition coefficient (Wildman–Crippen LogP) is 3.27. The van der Waals surface area contributed by atoms with E-state index in [9.17, 15) is 13.2 Å². The summed E-state index contributed by atoms with van der Waals surface area (Å²) in [5, 5.41) is 2.89. The zero-order valence-corrected chi connectivity index (χ0v) is 17.9. The summed E-state index contributed by atoms with van der Waals surface area (Å²) in [4.78, 5) is 16.6. The van der Waals surface area contributed by atoms with Gasteiger partial charge in [0.25, 0.3) is 0 Å². The first-order valence-corrected chi connectivity index (χ1v) is 11.7. The van der Waals surface area contributed by atoms with Crippen LogP contribution >= 0.6 is 0 Å². The van der Waals surface area contributed by atoms with E-state index in [0.29, 0.717) is 34.6 Å². The minimum atomic E-state index is -3.67. The van der Waals surface area contributed by atoms with E-state index < -0.39 is 21.5 Å². The first kappa shape index (κ1) is 21.4. The van der Waals surface area contributed by atoms with Crippen molar-refractivity contribution < 1.29 is 22.4 Å². The number of amides is 1. The first-order valence-electron chi connectivity index (χ1n) is 9.88. The fraction of sp³-hybridized carbons (Fsp3) is 0.524. The third kappa shape index (κ3) is 5.59. The minimum absolute atomic E-state index is 0.0555. The molecule has 0 unspecified atom stereocenters. The summed E-state index contributed by atoms with van der Waals surface area (Å²) < 4.78 is 36.0. The van der Waals surface area contributed by atoms with Crippen molar-refractivity contribution in [3.63, 3.8) is 0 Å². The quantitative estimate of drug-likeness (QED) is 0.738. The number of hydrogen-bond acceptors (Lipinski definition) is 6. The van der Waals surface area contributed by atoms with Gasteiger partial charge in [-0.05, 0) is 43.9 Å². The molecule has 1 amide bonds. The molecule has 0 radical (unpaired) electrons. The molecular weight excluding hydrogens is 392 g/mol. The van der Waals surface area contributed by atoms with Crippen molar-refractivity contribution in [3.05, 3.63) is 35.7 Å². The number of carbonyl (C=O) groups is 1. The van der Waals surface area contributed by atoms with Gasteiger partial charge in [-0.3, -0.25) is 4.79 Å². The van der Waals surface area contributed by atoms with Crippen molar-refractivity contribution >= 4 is 15.7 Å². The summed E-state index contributed by atoms with van der Waals surface area (Å²) >= 11 is 0. The lowest BCUT2D eigenvalue weighted by Gasteiger charge is -2.29. The molecule has 0 spiro atoms. The van der Waals surface area contributed by atoms with Crippen LogP contribution in [-0.2, 0) is 20.4 Å². The van der Waals surface area contributed by atoms with Gasteiger partial charge >= 0.3 is 0 Å². The Kier molecular flexibility index (Phi) is 6.62. The van der Waals surface area contributed by atoms with E-state index in [1.165, 1.54) is 0 Å². The second-order valence-corrected chi connectivity index (χ2v) is 9.79. The van der Waals surface area contributed by atoms with E-state index in [-0.39, 0.29) is 11.8 Å². The van der Waals surface area contributed by atoms with Crippen LogP contribution < -0.4 is 10.1 Å². The van der Waals surface area contributed by atoms with Gasteiger partial charge in [0.2, 0.25) is 11.8 Å². The maximum absolute atomic E-state index is 12.6. The maximum atomic E-state index is 12.6. The highest BCUT2D eigenvalue weighted by Crippen LogP contribution is 2.26. The highest BCUT2D eigenvalue weighted by molar-refractivity contribution is 7.91. The molecule has 1 aromatic heterocycles. The smallest absolute Gasteiger partial charge is 0.235 e. The monoisotopic (exact) mass is 420 g/mol. The molecule has 0 saturated heterocycles. The Hall–Kier alpha value is -2.35. The predicted molar refractivity (Wildman–Crippen MR) is 110 cm³/mol. The Balaban J connectivity index is 1.67. The molecule has 1 saturated carbocycles. The fourth-order valence-electron chi connectivity index (χ4n) is 3.68. The Labute approximate surface area is 171 Å². The van der Waals surface area contributed by atoms with Crippen LogP contribution in [0.4, 0.5) is 0 Å². The zero-order valence-electron chi connectivity index (χ0n) is 17.1. The molecule has 1 N–H and O–H groups in total. The molecule has 1 aliphatic carbocycles. The summed E-state index contributed by atoms with van der Waals surface area (Å²) in [6, 6.07) is 7.24. The van der Waals surface area contributed by atoms with Gasteiger partial charge in [-0.25, -0.2) is 13.4 Å². The Bertz CT molecular complexity index is 967. The lowest BCUT2D eigenvalue weighted by molar-refractivity contribution is -0.119. The number of nitrogens with zero attached hydrogens (tertiary/aromatic N) is 1. The Morgan fingerprint density at radius 3 is 2.79 bits per heavy atom. The second kappa shape index (κ2) is 8.98. The van der Waals surface area contributed by atoms with E-state index in [1.807, 2.05) is 6.07 Å². The number of oxazole rings is 1.